The quantitative estimate of drug-likeness (QED) is 0.382. The van der Waals surface area contributed by atoms with Crippen molar-refractivity contribution in [2.45, 2.75) is 17.8 Å². The zero-order valence-electron chi connectivity index (χ0n) is 13.6. The van der Waals surface area contributed by atoms with Crippen LogP contribution in [0.25, 0.3) is 26.8 Å². The Morgan fingerprint density at radius 1 is 1.15 bits per heavy atom. The molecule has 9 heteroatoms. The average molecular weight is 380 g/mol. The van der Waals surface area contributed by atoms with Crippen LogP contribution in [0.5, 0.6) is 0 Å². The van der Waals surface area contributed by atoms with Crippen molar-refractivity contribution in [3.63, 3.8) is 0 Å². The summed E-state index contributed by atoms with van der Waals surface area (Å²) in [4.78, 5) is 28.7. The van der Waals surface area contributed by atoms with E-state index < -0.39 is 0 Å². The fraction of sp³-hybridized carbons (Fsp3) is 0.118. The highest BCUT2D eigenvalue weighted by molar-refractivity contribution is 7.98. The van der Waals surface area contributed by atoms with E-state index in [2.05, 4.69) is 20.1 Å². The van der Waals surface area contributed by atoms with Crippen LogP contribution < -0.4 is 5.56 Å². The van der Waals surface area contributed by atoms with Gasteiger partial charge in [0.05, 0.1) is 16.8 Å². The summed E-state index contributed by atoms with van der Waals surface area (Å²) in [5, 5.41) is 8.01. The summed E-state index contributed by atoms with van der Waals surface area (Å²) in [7, 11) is 0. The molecule has 0 saturated heterocycles. The predicted octanol–water partition coefficient (Wildman–Crippen LogP) is 3.18. The monoisotopic (exact) mass is 380 g/mol. The van der Waals surface area contributed by atoms with E-state index in [-0.39, 0.29) is 5.56 Å². The van der Waals surface area contributed by atoms with Crippen molar-refractivity contribution in [3.05, 3.63) is 57.7 Å². The maximum Gasteiger partial charge on any atom is 0.268 e. The number of nitrogens with zero attached hydrogens (tertiary/aromatic N) is 5. The van der Waals surface area contributed by atoms with Gasteiger partial charge in [-0.25, -0.2) is 15.0 Å². The second kappa shape index (κ2) is 5.89. The van der Waals surface area contributed by atoms with Crippen LogP contribution in [0.3, 0.4) is 0 Å². The number of aromatic nitrogens is 6. The molecule has 0 saturated carbocycles. The molecule has 1 aromatic carbocycles. The highest BCUT2D eigenvalue weighted by atomic mass is 32.2. The number of thioether (sulfide) groups is 1. The maximum absolute atomic E-state index is 12.1. The highest BCUT2D eigenvalue weighted by Crippen LogP contribution is 2.25. The van der Waals surface area contributed by atoms with Crippen LogP contribution in [0.4, 0.5) is 0 Å². The zero-order valence-corrected chi connectivity index (χ0v) is 15.3. The van der Waals surface area contributed by atoms with Gasteiger partial charge in [-0.15, -0.1) is 16.4 Å². The molecule has 0 atom stereocenters. The smallest absolute Gasteiger partial charge is 0.268 e. The van der Waals surface area contributed by atoms with E-state index in [4.69, 9.17) is 4.98 Å². The number of aryl methyl sites for hydroxylation is 1. The van der Waals surface area contributed by atoms with Gasteiger partial charge in [0.15, 0.2) is 10.8 Å². The Labute approximate surface area is 155 Å². The molecular formula is C17H12N6OS2. The van der Waals surface area contributed by atoms with Crippen molar-refractivity contribution in [1.82, 2.24) is 29.5 Å². The molecule has 7 nitrogen and oxygen atoms in total. The van der Waals surface area contributed by atoms with Gasteiger partial charge in [0, 0.05) is 5.39 Å². The second-order valence-electron chi connectivity index (χ2n) is 5.74. The van der Waals surface area contributed by atoms with E-state index in [0.717, 1.165) is 22.1 Å². The maximum atomic E-state index is 12.1. The minimum absolute atomic E-state index is 0.103. The van der Waals surface area contributed by atoms with Crippen molar-refractivity contribution < 1.29 is 0 Å². The van der Waals surface area contributed by atoms with Crippen LogP contribution in [-0.2, 0) is 5.75 Å². The van der Waals surface area contributed by atoms with Crippen molar-refractivity contribution in [1.29, 1.82) is 0 Å². The Bertz CT molecular complexity index is 1340. The van der Waals surface area contributed by atoms with E-state index in [0.29, 0.717) is 27.3 Å². The van der Waals surface area contributed by atoms with Gasteiger partial charge in [-0.05, 0) is 30.5 Å². The Morgan fingerprint density at radius 2 is 2.04 bits per heavy atom. The number of rotatable bonds is 3. The predicted molar refractivity (Wildman–Crippen MR) is 103 cm³/mol. The zero-order chi connectivity index (χ0) is 17.7. The third-order valence-corrected chi connectivity index (χ3v) is 5.80. The number of hydrogen-bond donors (Lipinski definition) is 1. The third kappa shape index (κ3) is 2.47. The number of H-pyrrole nitrogens is 1. The molecule has 0 aliphatic heterocycles. The molecule has 0 aliphatic carbocycles. The van der Waals surface area contributed by atoms with Gasteiger partial charge >= 0.3 is 0 Å². The molecule has 4 heterocycles. The van der Waals surface area contributed by atoms with Gasteiger partial charge in [-0.3, -0.25) is 4.79 Å². The molecule has 5 rings (SSSR count). The van der Waals surface area contributed by atoms with Crippen LogP contribution >= 0.6 is 23.1 Å². The number of hydrogen-bond acceptors (Lipinski definition) is 7. The lowest BCUT2D eigenvalue weighted by Crippen LogP contribution is -2.09. The first-order chi connectivity index (χ1) is 12.7. The van der Waals surface area contributed by atoms with Gasteiger partial charge in [-0.1, -0.05) is 23.9 Å². The van der Waals surface area contributed by atoms with Crippen molar-refractivity contribution in [3.8, 4) is 0 Å². The Kier molecular flexibility index (Phi) is 3.50. The fourth-order valence-corrected chi connectivity index (χ4v) is 4.39. The molecule has 4 aromatic heterocycles. The SMILES string of the molecule is Cc1nc2c3ccccc3nc(SCc3nc4ccsc4c(=O)[nH]3)n2n1. The molecule has 0 amide bonds. The lowest BCUT2D eigenvalue weighted by atomic mass is 10.2. The molecule has 0 unspecified atom stereocenters. The van der Waals surface area contributed by atoms with Crippen LogP contribution in [0, 0.1) is 6.92 Å². The third-order valence-electron chi connectivity index (χ3n) is 3.96. The number of thiophene rings is 1. The highest BCUT2D eigenvalue weighted by Gasteiger charge is 2.13. The largest absolute Gasteiger partial charge is 0.309 e. The number of para-hydroxylation sites is 1. The van der Waals surface area contributed by atoms with Gasteiger partial charge in [-0.2, -0.15) is 4.52 Å². The summed E-state index contributed by atoms with van der Waals surface area (Å²) in [6.45, 7) is 1.86. The minimum atomic E-state index is -0.103. The van der Waals surface area contributed by atoms with Crippen molar-refractivity contribution >= 4 is 49.9 Å². The molecule has 5 aromatic rings. The summed E-state index contributed by atoms with van der Waals surface area (Å²) in [5.41, 5.74) is 2.27. The minimum Gasteiger partial charge on any atom is -0.309 e. The molecule has 0 radical (unpaired) electrons. The number of benzene rings is 1. The van der Waals surface area contributed by atoms with E-state index in [1.54, 1.807) is 4.52 Å². The normalized spacial score (nSPS) is 11.7. The lowest BCUT2D eigenvalue weighted by Gasteiger charge is -2.06. The number of aromatic amines is 1. The molecule has 0 fully saturated rings. The summed E-state index contributed by atoms with van der Waals surface area (Å²) < 4.78 is 2.40. The van der Waals surface area contributed by atoms with Crippen LogP contribution in [0.2, 0.25) is 0 Å². The lowest BCUT2D eigenvalue weighted by molar-refractivity contribution is 0.796. The van der Waals surface area contributed by atoms with Crippen molar-refractivity contribution in [2.24, 2.45) is 0 Å². The summed E-state index contributed by atoms with van der Waals surface area (Å²) in [6, 6.07) is 9.72. The summed E-state index contributed by atoms with van der Waals surface area (Å²) >= 11 is 2.87. The van der Waals surface area contributed by atoms with Crippen LogP contribution in [-0.4, -0.2) is 29.5 Å². The molecule has 0 spiro atoms. The molecule has 26 heavy (non-hydrogen) atoms. The Morgan fingerprint density at radius 3 is 2.96 bits per heavy atom. The average Bonchev–Trinajstić information content (AvgIpc) is 3.26. The Balaban J connectivity index is 1.58. The van der Waals surface area contributed by atoms with Crippen molar-refractivity contribution in [2.75, 3.05) is 0 Å². The van der Waals surface area contributed by atoms with E-state index >= 15 is 0 Å². The molecular weight excluding hydrogens is 368 g/mol. The Hall–Kier alpha value is -2.78. The molecule has 0 aliphatic rings. The van der Waals surface area contributed by atoms with E-state index in [1.807, 2.05) is 42.6 Å². The van der Waals surface area contributed by atoms with Crippen LogP contribution in [0.1, 0.15) is 11.6 Å². The standard InChI is InChI=1S/C17H12N6OS2/c1-9-18-15-10-4-2-3-5-11(10)20-17(23(15)22-9)26-8-13-19-12-6-7-25-14(12)16(24)21-13/h2-7H,8H2,1H3,(H,19,21,24). The number of fused-ring (bicyclic) bond motifs is 4. The van der Waals surface area contributed by atoms with Gasteiger partial charge in [0.2, 0.25) is 0 Å². The number of nitrogens with one attached hydrogen (secondary N) is 1. The van der Waals surface area contributed by atoms with Gasteiger partial charge in [0.25, 0.3) is 5.56 Å². The summed E-state index contributed by atoms with van der Waals surface area (Å²) in [5.74, 6) is 1.79. The van der Waals surface area contributed by atoms with E-state index in [9.17, 15) is 4.79 Å². The first kappa shape index (κ1) is 15.5. The summed E-state index contributed by atoms with van der Waals surface area (Å²) in [6.07, 6.45) is 0. The van der Waals surface area contributed by atoms with Crippen LogP contribution in [0.15, 0.2) is 45.7 Å². The topological polar surface area (TPSA) is 88.8 Å². The molecule has 128 valence electrons. The second-order valence-corrected chi connectivity index (χ2v) is 7.60. The van der Waals surface area contributed by atoms with Gasteiger partial charge < -0.3 is 4.98 Å². The van der Waals surface area contributed by atoms with Gasteiger partial charge in [0.1, 0.15) is 16.3 Å². The molecule has 1 N–H and O–H groups in total. The fourth-order valence-electron chi connectivity index (χ4n) is 2.85. The first-order valence-electron chi connectivity index (χ1n) is 7.90. The van der Waals surface area contributed by atoms with E-state index in [1.165, 1.54) is 23.1 Å². The first-order valence-corrected chi connectivity index (χ1v) is 9.77. The molecule has 0 bridgehead atoms.